The summed E-state index contributed by atoms with van der Waals surface area (Å²) < 4.78 is 4.79. The van der Waals surface area contributed by atoms with Crippen molar-refractivity contribution in [3.05, 3.63) is 16.1 Å². The maximum Gasteiger partial charge on any atom is 0.326 e. The van der Waals surface area contributed by atoms with Crippen LogP contribution in [-0.4, -0.2) is 41.7 Å². The van der Waals surface area contributed by atoms with Gasteiger partial charge in [-0.25, -0.2) is 9.78 Å². The van der Waals surface area contributed by atoms with E-state index >= 15 is 0 Å². The number of carbonyl (C=O) groups is 2. The number of methoxy groups -OCH3 is 1. The normalized spacial score (nSPS) is 12.1. The van der Waals surface area contributed by atoms with Gasteiger partial charge in [-0.3, -0.25) is 4.79 Å². The number of carboxylic acids is 1. The van der Waals surface area contributed by atoms with Gasteiger partial charge in [0, 0.05) is 32.1 Å². The van der Waals surface area contributed by atoms with Crippen LogP contribution in [0.2, 0.25) is 0 Å². The van der Waals surface area contributed by atoms with Crippen LogP contribution in [0.25, 0.3) is 0 Å². The molecule has 0 aliphatic carbocycles. The topological polar surface area (TPSA) is 115 Å². The predicted molar refractivity (Wildman–Crippen MR) is 65.4 cm³/mol. The van der Waals surface area contributed by atoms with Gasteiger partial charge < -0.3 is 20.9 Å². The Morgan fingerprint density at radius 1 is 1.67 bits per heavy atom. The van der Waals surface area contributed by atoms with E-state index in [0.717, 1.165) is 0 Å². The summed E-state index contributed by atoms with van der Waals surface area (Å²) in [6.07, 6.45) is 0.200. The lowest BCUT2D eigenvalue weighted by molar-refractivity contribution is -0.139. The summed E-state index contributed by atoms with van der Waals surface area (Å²) in [5, 5.41) is 13.5. The van der Waals surface area contributed by atoms with E-state index < -0.39 is 17.9 Å². The molecular formula is C10H15N3O4S. The fraction of sp³-hybridized carbons (Fsp3) is 0.500. The first kappa shape index (κ1) is 14.6. The van der Waals surface area contributed by atoms with Crippen LogP contribution in [0.5, 0.6) is 0 Å². The van der Waals surface area contributed by atoms with Gasteiger partial charge in [0.05, 0.1) is 0 Å². The molecule has 0 aromatic carbocycles. The lowest BCUT2D eigenvalue weighted by Gasteiger charge is -2.12. The number of aliphatic carboxylic acids is 1. The van der Waals surface area contributed by atoms with E-state index in [-0.39, 0.29) is 25.3 Å². The highest BCUT2D eigenvalue weighted by Crippen LogP contribution is 2.09. The molecule has 0 saturated carbocycles. The highest BCUT2D eigenvalue weighted by atomic mass is 32.1. The quantitative estimate of drug-likeness (QED) is 0.635. The molecule has 18 heavy (non-hydrogen) atoms. The van der Waals surface area contributed by atoms with Crippen molar-refractivity contribution in [1.82, 2.24) is 10.3 Å². The minimum absolute atomic E-state index is 0.184. The van der Waals surface area contributed by atoms with Crippen LogP contribution < -0.4 is 11.1 Å². The van der Waals surface area contributed by atoms with Crippen molar-refractivity contribution in [1.29, 1.82) is 0 Å². The first-order valence-electron chi connectivity index (χ1n) is 5.25. The molecule has 4 N–H and O–H groups in total. The highest BCUT2D eigenvalue weighted by molar-refractivity contribution is 7.09. The van der Waals surface area contributed by atoms with Crippen LogP contribution in [0, 0.1) is 0 Å². The molecule has 1 rings (SSSR count). The van der Waals surface area contributed by atoms with Crippen LogP contribution in [0.4, 0.5) is 0 Å². The third-order valence-electron chi connectivity index (χ3n) is 2.17. The molecule has 100 valence electrons. The monoisotopic (exact) mass is 273 g/mol. The van der Waals surface area contributed by atoms with Crippen molar-refractivity contribution >= 4 is 23.2 Å². The van der Waals surface area contributed by atoms with Crippen LogP contribution in [-0.2, 0) is 16.1 Å². The molecule has 1 amide bonds. The second-order valence-electron chi connectivity index (χ2n) is 3.48. The number of rotatable bonds is 7. The van der Waals surface area contributed by atoms with Crippen LogP contribution >= 0.6 is 11.3 Å². The number of nitrogens with zero attached hydrogens (tertiary/aromatic N) is 1. The molecule has 8 heteroatoms. The minimum Gasteiger partial charge on any atom is -0.480 e. The average Bonchev–Trinajstić information content (AvgIpc) is 2.82. The number of hydrogen-bond donors (Lipinski definition) is 3. The number of carbonyl (C=O) groups excluding carboxylic acids is 1. The van der Waals surface area contributed by atoms with Gasteiger partial charge in [-0.2, -0.15) is 0 Å². The Morgan fingerprint density at radius 3 is 2.89 bits per heavy atom. The van der Waals surface area contributed by atoms with E-state index in [1.165, 1.54) is 18.4 Å². The number of amides is 1. The van der Waals surface area contributed by atoms with Gasteiger partial charge >= 0.3 is 5.97 Å². The molecule has 0 fully saturated rings. The molecule has 1 heterocycles. The van der Waals surface area contributed by atoms with Crippen LogP contribution in [0.15, 0.2) is 5.38 Å². The van der Waals surface area contributed by atoms with Crippen LogP contribution in [0.3, 0.4) is 0 Å². The molecule has 0 saturated heterocycles. The Labute approximate surface area is 108 Å². The lowest BCUT2D eigenvalue weighted by Crippen LogP contribution is -2.41. The van der Waals surface area contributed by atoms with Crippen molar-refractivity contribution in [2.75, 3.05) is 13.7 Å². The largest absolute Gasteiger partial charge is 0.480 e. The van der Waals surface area contributed by atoms with E-state index in [2.05, 4.69) is 10.3 Å². The Hall–Kier alpha value is -1.51. The molecule has 1 aromatic rings. The number of carboxylic acid groups (broad SMARTS) is 1. The molecular weight excluding hydrogens is 258 g/mol. The highest BCUT2D eigenvalue weighted by Gasteiger charge is 2.21. The Kier molecular flexibility index (Phi) is 5.69. The van der Waals surface area contributed by atoms with Gasteiger partial charge in [-0.15, -0.1) is 11.3 Å². The van der Waals surface area contributed by atoms with Crippen molar-refractivity contribution in [2.24, 2.45) is 5.73 Å². The summed E-state index contributed by atoms with van der Waals surface area (Å²) in [4.78, 5) is 26.6. The second kappa shape index (κ2) is 7.04. The number of hydrogen-bond acceptors (Lipinski definition) is 6. The molecule has 0 aliphatic heterocycles. The Bertz CT molecular complexity index is 421. The predicted octanol–water partition coefficient (Wildman–Crippen LogP) is -0.179. The third kappa shape index (κ3) is 4.06. The molecule has 1 aromatic heterocycles. The molecule has 1 atom stereocenters. The molecule has 1 unspecified atom stereocenters. The molecule has 0 aliphatic rings. The zero-order valence-corrected chi connectivity index (χ0v) is 10.7. The van der Waals surface area contributed by atoms with E-state index in [4.69, 9.17) is 15.6 Å². The third-order valence-corrected chi connectivity index (χ3v) is 3.04. The number of aromatic nitrogens is 1. The standard InChI is InChI=1S/C10H15N3O4S/c1-17-3-2-6(10(15)16)13-9(14)7-5-18-8(4-11)12-7/h5-6H,2-4,11H2,1H3,(H,13,14)(H,15,16). The van der Waals surface area contributed by atoms with E-state index in [1.54, 1.807) is 5.38 Å². The van der Waals surface area contributed by atoms with Gasteiger partial charge in [0.25, 0.3) is 5.91 Å². The lowest BCUT2D eigenvalue weighted by atomic mass is 10.2. The van der Waals surface area contributed by atoms with Gasteiger partial charge in [0.1, 0.15) is 16.7 Å². The Balaban J connectivity index is 2.62. The summed E-state index contributed by atoms with van der Waals surface area (Å²) >= 11 is 1.26. The molecule has 0 radical (unpaired) electrons. The fourth-order valence-corrected chi connectivity index (χ4v) is 1.89. The van der Waals surface area contributed by atoms with Crippen molar-refractivity contribution in [2.45, 2.75) is 19.0 Å². The minimum atomic E-state index is -1.10. The van der Waals surface area contributed by atoms with Gasteiger partial charge in [0.15, 0.2) is 0 Å². The van der Waals surface area contributed by atoms with Gasteiger partial charge in [-0.1, -0.05) is 0 Å². The van der Waals surface area contributed by atoms with E-state index in [0.29, 0.717) is 5.01 Å². The van der Waals surface area contributed by atoms with Gasteiger partial charge in [0.2, 0.25) is 0 Å². The van der Waals surface area contributed by atoms with Crippen molar-refractivity contribution in [3.63, 3.8) is 0 Å². The second-order valence-corrected chi connectivity index (χ2v) is 4.42. The smallest absolute Gasteiger partial charge is 0.326 e. The summed E-state index contributed by atoms with van der Waals surface area (Å²) in [5.41, 5.74) is 5.57. The van der Waals surface area contributed by atoms with Crippen molar-refractivity contribution < 1.29 is 19.4 Å². The molecule has 7 nitrogen and oxygen atoms in total. The van der Waals surface area contributed by atoms with Crippen LogP contribution in [0.1, 0.15) is 21.9 Å². The number of thiazole rings is 1. The maximum atomic E-state index is 11.7. The molecule has 0 bridgehead atoms. The zero-order chi connectivity index (χ0) is 13.5. The first-order valence-corrected chi connectivity index (χ1v) is 6.13. The summed E-state index contributed by atoms with van der Waals surface area (Å²) in [7, 11) is 1.47. The zero-order valence-electron chi connectivity index (χ0n) is 9.88. The summed E-state index contributed by atoms with van der Waals surface area (Å²) in [6.45, 7) is 0.506. The molecule has 0 spiro atoms. The summed E-state index contributed by atoms with van der Waals surface area (Å²) in [5.74, 6) is -1.62. The maximum absolute atomic E-state index is 11.7. The average molecular weight is 273 g/mol. The Morgan fingerprint density at radius 2 is 2.39 bits per heavy atom. The fourth-order valence-electron chi connectivity index (χ4n) is 1.23. The number of nitrogens with two attached hydrogens (primary N) is 1. The van der Waals surface area contributed by atoms with E-state index in [9.17, 15) is 9.59 Å². The first-order chi connectivity index (χ1) is 8.58. The SMILES string of the molecule is COCCC(NC(=O)c1csc(CN)n1)C(=O)O. The van der Waals surface area contributed by atoms with E-state index in [1.807, 2.05) is 0 Å². The number of ether oxygens (including phenoxy) is 1. The van der Waals surface area contributed by atoms with Gasteiger partial charge in [-0.05, 0) is 0 Å². The summed E-state index contributed by atoms with van der Waals surface area (Å²) in [6, 6.07) is -0.986. The van der Waals surface area contributed by atoms with Crippen molar-refractivity contribution in [3.8, 4) is 0 Å². The number of nitrogens with one attached hydrogen (secondary N) is 1.